The number of para-hydroxylation sites is 1. The normalized spacial score (nSPS) is 10.7. The van der Waals surface area contributed by atoms with Gasteiger partial charge in [0.2, 0.25) is 0 Å². The molecule has 0 spiro atoms. The molecular weight excluding hydrogens is 320 g/mol. The molecule has 0 N–H and O–H groups in total. The molecule has 4 heteroatoms. The Morgan fingerprint density at radius 1 is 1.10 bits per heavy atom. The zero-order valence-electron chi connectivity index (χ0n) is 10.7. The summed E-state index contributed by atoms with van der Waals surface area (Å²) in [6, 6.07) is 14.3. The summed E-state index contributed by atoms with van der Waals surface area (Å²) in [6.07, 6.45) is 0. The van der Waals surface area contributed by atoms with E-state index in [1.54, 1.807) is 19.2 Å². The quantitative estimate of drug-likeness (QED) is 0.705. The molecule has 0 saturated heterocycles. The van der Waals surface area contributed by atoms with Crippen molar-refractivity contribution >= 4 is 26.9 Å². The van der Waals surface area contributed by atoms with Gasteiger partial charge in [-0.1, -0.05) is 28.1 Å². The summed E-state index contributed by atoms with van der Waals surface area (Å²) in [4.78, 5) is 12.2. The number of fused-ring (bicyclic) bond motifs is 1. The third kappa shape index (κ3) is 2.23. The topological polar surface area (TPSA) is 39.4 Å². The summed E-state index contributed by atoms with van der Waals surface area (Å²) in [5, 5.41) is 0.554. The molecule has 0 saturated carbocycles. The van der Waals surface area contributed by atoms with Gasteiger partial charge in [0, 0.05) is 10.5 Å². The van der Waals surface area contributed by atoms with Crippen LogP contribution in [-0.2, 0) is 0 Å². The van der Waals surface area contributed by atoms with Crippen LogP contribution >= 0.6 is 15.9 Å². The maximum atomic E-state index is 12.2. The zero-order valence-corrected chi connectivity index (χ0v) is 12.3. The molecule has 3 nitrogen and oxygen atoms in total. The van der Waals surface area contributed by atoms with Crippen LogP contribution in [0.4, 0.5) is 0 Å². The van der Waals surface area contributed by atoms with E-state index in [0.29, 0.717) is 22.5 Å². The second-order valence-corrected chi connectivity index (χ2v) is 5.23. The predicted molar refractivity (Wildman–Crippen MR) is 82.2 cm³/mol. The minimum Gasteiger partial charge on any atom is -0.496 e. The lowest BCUT2D eigenvalue weighted by Gasteiger charge is -2.08. The van der Waals surface area contributed by atoms with E-state index in [-0.39, 0.29) is 5.43 Å². The minimum atomic E-state index is -0.0755. The molecule has 3 aromatic rings. The van der Waals surface area contributed by atoms with E-state index in [0.717, 1.165) is 10.0 Å². The third-order valence-corrected chi connectivity index (χ3v) is 3.55. The summed E-state index contributed by atoms with van der Waals surface area (Å²) >= 11 is 3.35. The van der Waals surface area contributed by atoms with E-state index < -0.39 is 0 Å². The highest BCUT2D eigenvalue weighted by Gasteiger charge is 2.11. The van der Waals surface area contributed by atoms with Gasteiger partial charge in [0.25, 0.3) is 0 Å². The van der Waals surface area contributed by atoms with Crippen molar-refractivity contribution in [1.29, 1.82) is 0 Å². The van der Waals surface area contributed by atoms with Crippen LogP contribution in [-0.4, -0.2) is 7.11 Å². The van der Waals surface area contributed by atoms with Gasteiger partial charge in [-0.3, -0.25) is 4.79 Å². The predicted octanol–water partition coefficient (Wildman–Crippen LogP) is 4.23. The maximum Gasteiger partial charge on any atom is 0.193 e. The molecule has 100 valence electrons. The first-order valence-corrected chi connectivity index (χ1v) is 6.85. The van der Waals surface area contributed by atoms with Crippen molar-refractivity contribution in [3.8, 4) is 17.1 Å². The van der Waals surface area contributed by atoms with Crippen LogP contribution in [0.15, 0.2) is 62.2 Å². The van der Waals surface area contributed by atoms with Crippen molar-refractivity contribution in [2.24, 2.45) is 0 Å². The molecule has 1 heterocycles. The van der Waals surface area contributed by atoms with Gasteiger partial charge in [-0.25, -0.2) is 0 Å². The Balaban J connectivity index is 2.28. The number of halogens is 1. The summed E-state index contributed by atoms with van der Waals surface area (Å²) in [5.74, 6) is 1.18. The highest BCUT2D eigenvalue weighted by molar-refractivity contribution is 9.10. The SMILES string of the molecule is COc1ccccc1-c1cc(=O)c2cc(Br)ccc2o1. The summed E-state index contributed by atoms with van der Waals surface area (Å²) in [5.41, 5.74) is 1.24. The van der Waals surface area contributed by atoms with Crippen LogP contribution in [0.3, 0.4) is 0 Å². The largest absolute Gasteiger partial charge is 0.496 e. The standard InChI is InChI=1S/C16H11BrO3/c1-19-14-5-3-2-4-11(14)16-9-13(18)12-8-10(17)6-7-15(12)20-16/h2-9H,1H3. The van der Waals surface area contributed by atoms with Gasteiger partial charge in [-0.15, -0.1) is 0 Å². The Kier molecular flexibility index (Phi) is 3.32. The number of methoxy groups -OCH3 is 1. The molecule has 0 atom stereocenters. The van der Waals surface area contributed by atoms with E-state index >= 15 is 0 Å². The molecule has 0 bridgehead atoms. The lowest BCUT2D eigenvalue weighted by Crippen LogP contribution is -2.00. The molecule has 0 amide bonds. The summed E-state index contributed by atoms with van der Waals surface area (Å²) in [7, 11) is 1.59. The van der Waals surface area contributed by atoms with Crippen LogP contribution in [0.5, 0.6) is 5.75 Å². The van der Waals surface area contributed by atoms with Crippen LogP contribution in [0.25, 0.3) is 22.3 Å². The van der Waals surface area contributed by atoms with Gasteiger partial charge in [0.15, 0.2) is 5.43 Å². The van der Waals surface area contributed by atoms with Gasteiger partial charge in [-0.05, 0) is 30.3 Å². The van der Waals surface area contributed by atoms with Crippen LogP contribution in [0.1, 0.15) is 0 Å². The Hall–Kier alpha value is -2.07. The molecule has 2 aromatic carbocycles. The third-order valence-electron chi connectivity index (χ3n) is 3.06. The average molecular weight is 331 g/mol. The molecule has 0 radical (unpaired) electrons. The molecule has 0 unspecified atom stereocenters. The Morgan fingerprint density at radius 2 is 1.90 bits per heavy atom. The smallest absolute Gasteiger partial charge is 0.193 e. The second kappa shape index (κ2) is 5.13. The number of ether oxygens (including phenoxy) is 1. The second-order valence-electron chi connectivity index (χ2n) is 4.32. The zero-order chi connectivity index (χ0) is 14.1. The first kappa shape index (κ1) is 12.9. The molecule has 0 fully saturated rings. The van der Waals surface area contributed by atoms with Crippen LogP contribution in [0.2, 0.25) is 0 Å². The maximum absolute atomic E-state index is 12.2. The van der Waals surface area contributed by atoms with Gasteiger partial charge < -0.3 is 9.15 Å². The van der Waals surface area contributed by atoms with Crippen molar-refractivity contribution in [2.75, 3.05) is 7.11 Å². The highest BCUT2D eigenvalue weighted by Crippen LogP contribution is 2.30. The van der Waals surface area contributed by atoms with Crippen LogP contribution < -0.4 is 10.2 Å². The Labute approximate surface area is 123 Å². The average Bonchev–Trinajstić information content (AvgIpc) is 2.47. The van der Waals surface area contributed by atoms with E-state index in [2.05, 4.69) is 15.9 Å². The summed E-state index contributed by atoms with van der Waals surface area (Å²) in [6.45, 7) is 0. The number of rotatable bonds is 2. The van der Waals surface area contributed by atoms with Crippen molar-refractivity contribution < 1.29 is 9.15 Å². The first-order valence-electron chi connectivity index (χ1n) is 6.06. The molecule has 0 aliphatic heterocycles. The van der Waals surface area contributed by atoms with Crippen molar-refractivity contribution in [2.45, 2.75) is 0 Å². The molecule has 1 aromatic heterocycles. The molecule has 0 aliphatic carbocycles. The van der Waals surface area contributed by atoms with Gasteiger partial charge in [0.1, 0.15) is 17.1 Å². The van der Waals surface area contributed by atoms with Crippen molar-refractivity contribution in [1.82, 2.24) is 0 Å². The fraction of sp³-hybridized carbons (Fsp3) is 0.0625. The van der Waals surface area contributed by atoms with Crippen LogP contribution in [0, 0.1) is 0 Å². The van der Waals surface area contributed by atoms with E-state index in [4.69, 9.17) is 9.15 Å². The van der Waals surface area contributed by atoms with E-state index in [1.165, 1.54) is 6.07 Å². The van der Waals surface area contributed by atoms with Crippen molar-refractivity contribution in [3.63, 3.8) is 0 Å². The lowest BCUT2D eigenvalue weighted by molar-refractivity contribution is 0.415. The van der Waals surface area contributed by atoms with E-state index in [1.807, 2.05) is 30.3 Å². The number of benzene rings is 2. The fourth-order valence-corrected chi connectivity index (χ4v) is 2.47. The molecular formula is C16H11BrO3. The molecule has 0 aliphatic rings. The fourth-order valence-electron chi connectivity index (χ4n) is 2.11. The van der Waals surface area contributed by atoms with Gasteiger partial charge in [-0.2, -0.15) is 0 Å². The summed E-state index contributed by atoms with van der Waals surface area (Å²) < 4.78 is 12.0. The minimum absolute atomic E-state index is 0.0755. The van der Waals surface area contributed by atoms with Gasteiger partial charge in [0.05, 0.1) is 18.1 Å². The highest BCUT2D eigenvalue weighted by atomic mass is 79.9. The van der Waals surface area contributed by atoms with Gasteiger partial charge >= 0.3 is 0 Å². The lowest BCUT2D eigenvalue weighted by atomic mass is 10.1. The number of hydrogen-bond acceptors (Lipinski definition) is 3. The molecule has 3 rings (SSSR count). The molecule has 20 heavy (non-hydrogen) atoms. The number of hydrogen-bond donors (Lipinski definition) is 0. The monoisotopic (exact) mass is 330 g/mol. The Morgan fingerprint density at radius 3 is 2.70 bits per heavy atom. The van der Waals surface area contributed by atoms with Crippen molar-refractivity contribution in [3.05, 3.63) is 63.2 Å². The first-order chi connectivity index (χ1) is 9.69. The Bertz CT molecular complexity index is 836. The van der Waals surface area contributed by atoms with E-state index in [9.17, 15) is 4.79 Å².